The fourth-order valence-corrected chi connectivity index (χ4v) is 2.83. The number of rotatable bonds is 2. The van der Waals surface area contributed by atoms with E-state index in [1.54, 1.807) is 18.2 Å². The quantitative estimate of drug-likeness (QED) is 0.779. The van der Waals surface area contributed by atoms with Crippen LogP contribution in [0.3, 0.4) is 0 Å². The molecule has 1 atom stereocenters. The Kier molecular flexibility index (Phi) is 2.86. The van der Waals surface area contributed by atoms with Crippen molar-refractivity contribution in [2.75, 3.05) is 19.7 Å². The van der Waals surface area contributed by atoms with Gasteiger partial charge in [-0.05, 0) is 19.1 Å². The lowest BCUT2D eigenvalue weighted by molar-refractivity contribution is -0.127. The summed E-state index contributed by atoms with van der Waals surface area (Å²) in [5, 5.41) is 0.524. The predicted molar refractivity (Wildman–Crippen MR) is 69.2 cm³/mol. The summed E-state index contributed by atoms with van der Waals surface area (Å²) in [7, 11) is 0. The molecule has 0 N–H and O–H groups in total. The monoisotopic (exact) mass is 280 g/mol. The van der Waals surface area contributed by atoms with Crippen LogP contribution in [0.5, 0.6) is 5.75 Å². The Hall–Kier alpha value is -1.75. The number of likely N-dealkylation sites (N-methyl/N-ethyl adjacent to an activating group) is 1. The lowest BCUT2D eigenvalue weighted by atomic mass is 10.1. The van der Waals surface area contributed by atoms with E-state index in [2.05, 4.69) is 0 Å². The van der Waals surface area contributed by atoms with Crippen molar-refractivity contribution in [2.24, 2.45) is 0 Å². The van der Waals surface area contributed by atoms with Gasteiger partial charge in [0.1, 0.15) is 24.9 Å². The number of carbonyl (C=O) groups is 2. The minimum absolute atomic E-state index is 0.131. The summed E-state index contributed by atoms with van der Waals surface area (Å²) in [6, 6.07) is 4.64. The van der Waals surface area contributed by atoms with Crippen LogP contribution >= 0.6 is 11.6 Å². The van der Waals surface area contributed by atoms with Gasteiger partial charge in [0.2, 0.25) is 0 Å². The molecule has 1 unspecified atom stereocenters. The molecular formula is C13H13ClN2O3. The van der Waals surface area contributed by atoms with Crippen molar-refractivity contribution in [3.05, 3.63) is 28.8 Å². The van der Waals surface area contributed by atoms with Gasteiger partial charge in [0.15, 0.2) is 0 Å². The van der Waals surface area contributed by atoms with Crippen molar-refractivity contribution >= 4 is 23.5 Å². The van der Waals surface area contributed by atoms with E-state index in [0.29, 0.717) is 17.3 Å². The number of imide groups is 1. The van der Waals surface area contributed by atoms with Crippen LogP contribution in [0, 0.1) is 0 Å². The van der Waals surface area contributed by atoms with E-state index in [9.17, 15) is 9.59 Å². The second-order valence-electron chi connectivity index (χ2n) is 4.54. The summed E-state index contributed by atoms with van der Waals surface area (Å²) < 4.78 is 5.52. The molecule has 0 radical (unpaired) electrons. The number of benzene rings is 1. The van der Waals surface area contributed by atoms with Crippen molar-refractivity contribution in [1.82, 2.24) is 9.80 Å². The highest BCUT2D eigenvalue weighted by atomic mass is 35.5. The Morgan fingerprint density at radius 3 is 2.89 bits per heavy atom. The third-order valence-corrected chi connectivity index (χ3v) is 3.84. The average Bonchev–Trinajstić information content (AvgIpc) is 2.92. The van der Waals surface area contributed by atoms with Crippen molar-refractivity contribution in [1.29, 1.82) is 0 Å². The summed E-state index contributed by atoms with van der Waals surface area (Å²) >= 11 is 6.17. The number of ether oxygens (including phenoxy) is 1. The van der Waals surface area contributed by atoms with E-state index in [0.717, 1.165) is 5.56 Å². The molecule has 0 spiro atoms. The van der Waals surface area contributed by atoms with E-state index in [1.807, 2.05) is 6.92 Å². The minimum Gasteiger partial charge on any atom is -0.491 e. The number of hydrogen-bond acceptors (Lipinski definition) is 3. The van der Waals surface area contributed by atoms with Crippen LogP contribution in [-0.4, -0.2) is 41.4 Å². The highest BCUT2D eigenvalue weighted by Gasteiger charge is 2.44. The Labute approximate surface area is 115 Å². The van der Waals surface area contributed by atoms with Crippen LogP contribution in [0.4, 0.5) is 4.79 Å². The maximum atomic E-state index is 12.2. The molecule has 2 heterocycles. The van der Waals surface area contributed by atoms with Gasteiger partial charge in [-0.15, -0.1) is 0 Å². The first-order valence-corrected chi connectivity index (χ1v) is 6.53. The molecule has 19 heavy (non-hydrogen) atoms. The van der Waals surface area contributed by atoms with Gasteiger partial charge < -0.3 is 9.64 Å². The van der Waals surface area contributed by atoms with Crippen molar-refractivity contribution in [3.8, 4) is 5.75 Å². The zero-order valence-electron chi connectivity index (χ0n) is 10.4. The van der Waals surface area contributed by atoms with Crippen LogP contribution in [0.1, 0.15) is 18.5 Å². The van der Waals surface area contributed by atoms with Gasteiger partial charge in [0.25, 0.3) is 5.91 Å². The van der Waals surface area contributed by atoms with E-state index < -0.39 is 6.04 Å². The highest BCUT2D eigenvalue weighted by Crippen LogP contribution is 2.41. The third-order valence-electron chi connectivity index (χ3n) is 3.51. The molecule has 0 aliphatic carbocycles. The van der Waals surface area contributed by atoms with Crippen LogP contribution < -0.4 is 4.74 Å². The molecule has 1 saturated heterocycles. The fraction of sp³-hybridized carbons (Fsp3) is 0.385. The summed E-state index contributed by atoms with van der Waals surface area (Å²) in [4.78, 5) is 27.0. The molecular weight excluding hydrogens is 268 g/mol. The Bertz CT molecular complexity index is 561. The van der Waals surface area contributed by atoms with Gasteiger partial charge in [0, 0.05) is 17.1 Å². The molecule has 2 aliphatic rings. The number of hydrogen-bond donors (Lipinski definition) is 0. The van der Waals surface area contributed by atoms with Crippen LogP contribution in [0.15, 0.2) is 18.2 Å². The van der Waals surface area contributed by atoms with Crippen molar-refractivity contribution in [3.63, 3.8) is 0 Å². The molecule has 0 bridgehead atoms. The molecule has 2 aliphatic heterocycles. The van der Waals surface area contributed by atoms with Gasteiger partial charge in [-0.2, -0.15) is 0 Å². The second kappa shape index (κ2) is 4.42. The second-order valence-corrected chi connectivity index (χ2v) is 4.95. The molecule has 1 aromatic rings. The van der Waals surface area contributed by atoms with Gasteiger partial charge in [-0.1, -0.05) is 17.7 Å². The normalized spacial score (nSPS) is 21.9. The van der Waals surface area contributed by atoms with Gasteiger partial charge in [0.05, 0.1) is 0 Å². The fourth-order valence-electron chi connectivity index (χ4n) is 2.54. The van der Waals surface area contributed by atoms with Gasteiger partial charge in [-0.3, -0.25) is 9.69 Å². The molecule has 3 amide bonds. The van der Waals surface area contributed by atoms with E-state index in [4.69, 9.17) is 16.3 Å². The predicted octanol–water partition coefficient (Wildman–Crippen LogP) is 2.06. The molecule has 3 rings (SSSR count). The first kappa shape index (κ1) is 12.3. The first-order valence-electron chi connectivity index (χ1n) is 6.15. The van der Waals surface area contributed by atoms with Crippen LogP contribution in [0.25, 0.3) is 0 Å². The van der Waals surface area contributed by atoms with E-state index in [1.165, 1.54) is 9.80 Å². The van der Waals surface area contributed by atoms with Crippen LogP contribution in [-0.2, 0) is 4.79 Å². The zero-order valence-corrected chi connectivity index (χ0v) is 11.2. The summed E-state index contributed by atoms with van der Waals surface area (Å²) in [5.74, 6) is 0.446. The zero-order chi connectivity index (χ0) is 13.6. The Balaban J connectivity index is 1.98. The van der Waals surface area contributed by atoms with Crippen molar-refractivity contribution in [2.45, 2.75) is 13.0 Å². The number of carbonyl (C=O) groups excluding carboxylic acids is 2. The van der Waals surface area contributed by atoms with Gasteiger partial charge >= 0.3 is 6.03 Å². The molecule has 1 fully saturated rings. The highest BCUT2D eigenvalue weighted by molar-refractivity contribution is 6.31. The smallest absolute Gasteiger partial charge is 0.327 e. The Morgan fingerprint density at radius 1 is 1.42 bits per heavy atom. The molecule has 100 valence electrons. The van der Waals surface area contributed by atoms with Crippen molar-refractivity contribution < 1.29 is 14.3 Å². The van der Waals surface area contributed by atoms with E-state index >= 15 is 0 Å². The number of nitrogens with zero attached hydrogens (tertiary/aromatic N) is 2. The van der Waals surface area contributed by atoms with Crippen LogP contribution in [0.2, 0.25) is 5.02 Å². The maximum absolute atomic E-state index is 12.2. The maximum Gasteiger partial charge on any atom is 0.327 e. The lowest BCUT2D eigenvalue weighted by Crippen LogP contribution is -2.37. The third kappa shape index (κ3) is 1.76. The Morgan fingerprint density at radius 2 is 2.21 bits per heavy atom. The summed E-state index contributed by atoms with van der Waals surface area (Å²) in [5.41, 5.74) is 0.726. The number of fused-ring (bicyclic) bond motifs is 1. The summed E-state index contributed by atoms with van der Waals surface area (Å²) in [6.07, 6.45) is 0. The number of urea groups is 1. The summed E-state index contributed by atoms with van der Waals surface area (Å²) in [6.45, 7) is 2.77. The molecule has 0 aromatic heterocycles. The molecule has 5 nitrogen and oxygen atoms in total. The molecule has 1 aromatic carbocycles. The molecule has 0 saturated carbocycles. The van der Waals surface area contributed by atoms with Gasteiger partial charge in [-0.25, -0.2) is 4.79 Å². The molecule has 6 heteroatoms. The standard InChI is InChI=1S/C13H13ClN2O3/c1-2-15-6-11(17)16(13(15)18)9-7-19-10-5-3-4-8(14)12(9)10/h3-5,9H,2,6-7H2,1H3. The topological polar surface area (TPSA) is 49.9 Å². The first-order chi connectivity index (χ1) is 9.13. The average molecular weight is 281 g/mol. The number of halogens is 1. The van der Waals surface area contributed by atoms with E-state index in [-0.39, 0.29) is 25.1 Å². The lowest BCUT2D eigenvalue weighted by Gasteiger charge is -2.21. The number of amides is 3. The minimum atomic E-state index is -0.416. The largest absolute Gasteiger partial charge is 0.491 e. The SMILES string of the molecule is CCN1CC(=O)N(C2COc3cccc(Cl)c32)C1=O.